The molecule has 25 heavy (non-hydrogen) atoms. The Labute approximate surface area is 159 Å². The smallest absolute Gasteiger partial charge is 0.233 e. The molecule has 1 atom stereocenters. The molecule has 0 bridgehead atoms. The van der Waals surface area contributed by atoms with E-state index in [0.717, 1.165) is 43.3 Å². The van der Waals surface area contributed by atoms with E-state index in [1.165, 1.54) is 18.7 Å². The molecule has 1 aromatic rings. The third kappa shape index (κ3) is 8.09. The number of hydrogen-bond donors (Lipinski definition) is 3. The molecule has 6 nitrogen and oxygen atoms in total. The van der Waals surface area contributed by atoms with Crippen LogP contribution in [0.4, 0.5) is 5.69 Å². The van der Waals surface area contributed by atoms with Crippen LogP contribution in [0, 0.1) is 0 Å². The molecule has 1 unspecified atom stereocenters. The van der Waals surface area contributed by atoms with Crippen molar-refractivity contribution in [3.63, 3.8) is 0 Å². The Morgan fingerprint density at radius 2 is 1.88 bits per heavy atom. The number of carbonyl (C=O) groups excluding carboxylic acids is 2. The Morgan fingerprint density at radius 3 is 2.48 bits per heavy atom. The van der Waals surface area contributed by atoms with Gasteiger partial charge in [-0.25, -0.2) is 0 Å². The third-order valence-electron chi connectivity index (χ3n) is 3.79. The van der Waals surface area contributed by atoms with Gasteiger partial charge < -0.3 is 16.0 Å². The van der Waals surface area contributed by atoms with Crippen molar-refractivity contribution >= 4 is 41.7 Å². The Kier molecular flexibility index (Phi) is 9.89. The number of amides is 2. The summed E-state index contributed by atoms with van der Waals surface area (Å²) in [5.74, 6) is -0.0336. The quantitative estimate of drug-likeness (QED) is 0.620. The summed E-state index contributed by atoms with van der Waals surface area (Å²) in [6, 6.07) is 7.53. The Balaban J connectivity index is 0.00000312. The first-order valence-corrected chi connectivity index (χ1v) is 9.17. The number of hydrogen-bond acceptors (Lipinski definition) is 5. The molecule has 0 spiro atoms. The normalized spacial score (nSPS) is 15.8. The number of carbonyl (C=O) groups is 2. The van der Waals surface area contributed by atoms with Crippen LogP contribution in [-0.2, 0) is 9.59 Å². The number of nitrogens with zero attached hydrogens (tertiary/aromatic N) is 1. The molecule has 1 heterocycles. The summed E-state index contributed by atoms with van der Waals surface area (Å²) in [4.78, 5) is 26.6. The van der Waals surface area contributed by atoms with Gasteiger partial charge in [-0.2, -0.15) is 0 Å². The van der Waals surface area contributed by atoms with Crippen LogP contribution >= 0.6 is 24.2 Å². The van der Waals surface area contributed by atoms with Crippen LogP contribution in [0.5, 0.6) is 0 Å². The second-order valence-corrected chi connectivity index (χ2v) is 7.26. The maximum absolute atomic E-state index is 12.2. The van der Waals surface area contributed by atoms with Gasteiger partial charge in [-0.3, -0.25) is 14.5 Å². The molecule has 2 rings (SSSR count). The molecule has 1 aromatic carbocycles. The summed E-state index contributed by atoms with van der Waals surface area (Å²) in [5.41, 5.74) is 0.764. The minimum atomic E-state index is -0.153. The van der Waals surface area contributed by atoms with E-state index in [4.69, 9.17) is 0 Å². The number of benzene rings is 1. The summed E-state index contributed by atoms with van der Waals surface area (Å²) >= 11 is 1.52. The van der Waals surface area contributed by atoms with Crippen molar-refractivity contribution in [3.8, 4) is 0 Å². The molecule has 140 valence electrons. The lowest BCUT2D eigenvalue weighted by molar-refractivity contribution is -0.120. The lowest BCUT2D eigenvalue weighted by Gasteiger charge is -2.27. The van der Waals surface area contributed by atoms with Crippen LogP contribution in [0.2, 0.25) is 0 Å². The summed E-state index contributed by atoms with van der Waals surface area (Å²) in [5, 5.41) is 8.90. The van der Waals surface area contributed by atoms with Gasteiger partial charge in [-0.05, 0) is 31.2 Å². The molecule has 1 fully saturated rings. The zero-order chi connectivity index (χ0) is 17.4. The van der Waals surface area contributed by atoms with E-state index in [1.54, 1.807) is 0 Å². The second kappa shape index (κ2) is 11.4. The molecule has 1 saturated heterocycles. The average molecular weight is 387 g/mol. The molecule has 2 amide bonds. The number of nitrogens with one attached hydrogen (secondary N) is 3. The number of rotatable bonds is 7. The Morgan fingerprint density at radius 1 is 1.24 bits per heavy atom. The number of thioether (sulfide) groups is 1. The highest BCUT2D eigenvalue weighted by Gasteiger charge is 2.15. The van der Waals surface area contributed by atoms with Gasteiger partial charge in [0, 0.05) is 56.8 Å². The lowest BCUT2D eigenvalue weighted by atomic mass is 10.3. The highest BCUT2D eigenvalue weighted by atomic mass is 35.5. The SMILES string of the molecule is CC(=O)Nc1ccc(SC(C)C(=O)NCCN2CCNCC2)cc1.Cl. The van der Waals surface area contributed by atoms with Gasteiger partial charge in [0.05, 0.1) is 5.25 Å². The number of halogens is 1. The van der Waals surface area contributed by atoms with Gasteiger partial charge in [0.1, 0.15) is 0 Å². The molecule has 8 heteroatoms. The predicted octanol–water partition coefficient (Wildman–Crippen LogP) is 1.57. The first kappa shape index (κ1) is 21.8. The van der Waals surface area contributed by atoms with Crippen molar-refractivity contribution in [2.45, 2.75) is 24.0 Å². The number of anilines is 1. The zero-order valence-electron chi connectivity index (χ0n) is 14.7. The predicted molar refractivity (Wildman–Crippen MR) is 106 cm³/mol. The topological polar surface area (TPSA) is 73.5 Å². The molecule has 0 aromatic heterocycles. The molecular formula is C17H27ClN4O2S. The first-order chi connectivity index (χ1) is 11.5. The van der Waals surface area contributed by atoms with Crippen molar-refractivity contribution in [2.24, 2.45) is 0 Å². The van der Waals surface area contributed by atoms with Crippen LogP contribution in [0.3, 0.4) is 0 Å². The van der Waals surface area contributed by atoms with E-state index in [2.05, 4.69) is 20.9 Å². The molecule has 0 radical (unpaired) electrons. The van der Waals surface area contributed by atoms with Crippen molar-refractivity contribution in [3.05, 3.63) is 24.3 Å². The molecule has 1 aliphatic rings. The maximum Gasteiger partial charge on any atom is 0.233 e. The van der Waals surface area contributed by atoms with E-state index in [0.29, 0.717) is 6.54 Å². The van der Waals surface area contributed by atoms with Crippen LogP contribution in [-0.4, -0.2) is 61.2 Å². The fourth-order valence-electron chi connectivity index (χ4n) is 2.49. The lowest BCUT2D eigenvalue weighted by Crippen LogP contribution is -2.46. The number of piperazine rings is 1. The second-order valence-electron chi connectivity index (χ2n) is 5.85. The first-order valence-electron chi connectivity index (χ1n) is 8.29. The minimum absolute atomic E-state index is 0. The molecule has 0 saturated carbocycles. The zero-order valence-corrected chi connectivity index (χ0v) is 16.3. The van der Waals surface area contributed by atoms with Crippen molar-refractivity contribution in [1.29, 1.82) is 0 Å². The van der Waals surface area contributed by atoms with Crippen molar-refractivity contribution in [2.75, 3.05) is 44.6 Å². The van der Waals surface area contributed by atoms with Gasteiger partial charge in [-0.1, -0.05) is 0 Å². The third-order valence-corrected chi connectivity index (χ3v) is 4.91. The fraction of sp³-hybridized carbons (Fsp3) is 0.529. The van der Waals surface area contributed by atoms with Gasteiger partial charge in [0.15, 0.2) is 0 Å². The Bertz CT molecular complexity index is 550. The van der Waals surface area contributed by atoms with E-state index in [-0.39, 0.29) is 29.5 Å². The summed E-state index contributed by atoms with van der Waals surface area (Å²) < 4.78 is 0. The highest BCUT2D eigenvalue weighted by molar-refractivity contribution is 8.00. The van der Waals surface area contributed by atoms with E-state index in [9.17, 15) is 9.59 Å². The van der Waals surface area contributed by atoms with E-state index in [1.807, 2.05) is 31.2 Å². The van der Waals surface area contributed by atoms with Crippen LogP contribution in [0.15, 0.2) is 29.2 Å². The summed E-state index contributed by atoms with van der Waals surface area (Å²) in [6.45, 7) is 9.11. The van der Waals surface area contributed by atoms with E-state index >= 15 is 0 Å². The van der Waals surface area contributed by atoms with Crippen LogP contribution in [0.25, 0.3) is 0 Å². The minimum Gasteiger partial charge on any atom is -0.354 e. The largest absolute Gasteiger partial charge is 0.354 e. The molecule has 0 aliphatic carbocycles. The Hall–Kier alpha value is -1.28. The monoisotopic (exact) mass is 386 g/mol. The van der Waals surface area contributed by atoms with Gasteiger partial charge >= 0.3 is 0 Å². The fourth-order valence-corrected chi connectivity index (χ4v) is 3.39. The standard InChI is InChI=1S/C17H26N4O2S.ClH/c1-13(17(23)19-9-12-21-10-7-18-8-11-21)24-16-5-3-15(4-6-16)20-14(2)22;/h3-6,13,18H,7-12H2,1-2H3,(H,19,23)(H,20,22);1H. The highest BCUT2D eigenvalue weighted by Crippen LogP contribution is 2.24. The van der Waals surface area contributed by atoms with Gasteiger partial charge in [-0.15, -0.1) is 24.2 Å². The summed E-state index contributed by atoms with van der Waals surface area (Å²) in [6.07, 6.45) is 0. The van der Waals surface area contributed by atoms with Gasteiger partial charge in [0.25, 0.3) is 0 Å². The van der Waals surface area contributed by atoms with E-state index < -0.39 is 0 Å². The van der Waals surface area contributed by atoms with Crippen LogP contribution in [0.1, 0.15) is 13.8 Å². The average Bonchev–Trinajstić information content (AvgIpc) is 2.57. The van der Waals surface area contributed by atoms with Gasteiger partial charge in [0.2, 0.25) is 11.8 Å². The van der Waals surface area contributed by atoms with Crippen molar-refractivity contribution in [1.82, 2.24) is 15.5 Å². The summed E-state index contributed by atoms with van der Waals surface area (Å²) in [7, 11) is 0. The van der Waals surface area contributed by atoms with Crippen molar-refractivity contribution < 1.29 is 9.59 Å². The van der Waals surface area contributed by atoms with Crippen LogP contribution < -0.4 is 16.0 Å². The molecule has 3 N–H and O–H groups in total. The maximum atomic E-state index is 12.2. The molecule has 1 aliphatic heterocycles. The molecular weight excluding hydrogens is 360 g/mol.